The van der Waals surface area contributed by atoms with Crippen LogP contribution in [0, 0.1) is 34.8 Å². The summed E-state index contributed by atoms with van der Waals surface area (Å²) in [7, 11) is 0. The van der Waals surface area contributed by atoms with E-state index in [-0.39, 0.29) is 27.1 Å². The van der Waals surface area contributed by atoms with Gasteiger partial charge in [0.2, 0.25) is 5.91 Å². The van der Waals surface area contributed by atoms with Gasteiger partial charge in [-0.25, -0.2) is 8.78 Å². The van der Waals surface area contributed by atoms with Gasteiger partial charge in [0.15, 0.2) is 0 Å². The van der Waals surface area contributed by atoms with Crippen LogP contribution in [0.5, 0.6) is 0 Å². The zero-order valence-electron chi connectivity index (χ0n) is 24.5. The Morgan fingerprint density at radius 2 is 1.86 bits per heavy atom. The van der Waals surface area contributed by atoms with Crippen LogP contribution in [0.25, 0.3) is 0 Å². The van der Waals surface area contributed by atoms with E-state index in [0.29, 0.717) is 0 Å². The van der Waals surface area contributed by atoms with Gasteiger partial charge in [-0.05, 0) is 42.5 Å². The number of β-amino-alcohol motifs (C(OH)–C–C–N with tert-alkyl or cyclic N) is 1. The highest BCUT2D eigenvalue weighted by atomic mass is 35.5. The molecule has 44 heavy (non-hydrogen) atoms. The van der Waals surface area contributed by atoms with Crippen LogP contribution < -0.4 is 5.73 Å². The molecule has 1 amide bonds. The first-order valence-corrected chi connectivity index (χ1v) is 15.4. The number of likely N-dealkylation sites (tertiary alicyclic amines) is 1. The van der Waals surface area contributed by atoms with Gasteiger partial charge in [0, 0.05) is 29.1 Å². The van der Waals surface area contributed by atoms with E-state index in [1.54, 1.807) is 0 Å². The summed E-state index contributed by atoms with van der Waals surface area (Å²) in [5.41, 5.74) is 0.744. The molecule has 238 valence electrons. The zero-order valence-corrected chi connectivity index (χ0v) is 26.0. The second kappa shape index (κ2) is 13.3. The van der Waals surface area contributed by atoms with Crippen LogP contribution in [-0.2, 0) is 15.0 Å². The van der Waals surface area contributed by atoms with Gasteiger partial charge < -0.3 is 21.1 Å². The summed E-state index contributed by atoms with van der Waals surface area (Å²) in [6.45, 7) is 2.53. The number of primary amides is 1. The number of nitrogens with two attached hydrogens (primary N) is 1. The van der Waals surface area contributed by atoms with Gasteiger partial charge in [-0.3, -0.25) is 14.5 Å². The number of nitriles is 1. The van der Waals surface area contributed by atoms with Crippen molar-refractivity contribution in [3.63, 3.8) is 0 Å². The number of carboxylic acid groups (broad SMARTS) is 1. The van der Waals surface area contributed by atoms with Crippen molar-refractivity contribution in [2.24, 2.45) is 17.6 Å². The van der Waals surface area contributed by atoms with E-state index in [1.165, 1.54) is 42.2 Å². The fraction of sp³-hybridized carbons (Fsp3) is 0.531. The molecule has 2 aromatic rings. The Morgan fingerprint density at radius 1 is 1.20 bits per heavy atom. The van der Waals surface area contributed by atoms with Crippen LogP contribution in [0.4, 0.5) is 8.78 Å². The molecule has 2 fully saturated rings. The molecule has 8 nitrogen and oxygen atoms in total. The monoisotopic (exact) mass is 651 g/mol. The van der Waals surface area contributed by atoms with E-state index in [1.807, 2.05) is 6.92 Å². The molecule has 1 aliphatic carbocycles. The van der Waals surface area contributed by atoms with E-state index < -0.39 is 77.5 Å². The lowest BCUT2D eigenvalue weighted by Gasteiger charge is -2.45. The van der Waals surface area contributed by atoms with E-state index in [4.69, 9.17) is 28.9 Å². The van der Waals surface area contributed by atoms with Crippen molar-refractivity contribution in [3.05, 3.63) is 69.2 Å². The molecule has 2 aliphatic rings. The number of amides is 1. The van der Waals surface area contributed by atoms with Crippen LogP contribution in [0.1, 0.15) is 69.4 Å². The van der Waals surface area contributed by atoms with Crippen molar-refractivity contribution in [2.45, 2.75) is 87.5 Å². The number of nitrogens with zero attached hydrogens (tertiary/aromatic N) is 2. The maximum absolute atomic E-state index is 16.1. The first kappa shape index (κ1) is 34.1. The maximum atomic E-state index is 16.1. The Kier molecular flexibility index (Phi) is 10.3. The summed E-state index contributed by atoms with van der Waals surface area (Å²) in [6.07, 6.45) is 2.03. The standard InChI is InChI=1S/C32H37Cl2F2N3O5/c1-17(18-7-4-3-5-8-18)29-32(15-37,21-12-11-19(33)13-23(21)35)26(20-9-6-10-22(34)27(20)36)28(30(42)43)39(29)16-31(2,44)24(40)14-25(38)41/h6,9-13,17-18,24,26,28-29,40,44H,3-5,7-8,14,16H2,1-2H3,(H2,38,41)(H,42,43)/t17?,24?,26-,28+,29-,31?,32+/m1/s1. The van der Waals surface area contributed by atoms with Crippen molar-refractivity contribution in [1.82, 2.24) is 4.90 Å². The summed E-state index contributed by atoms with van der Waals surface area (Å²) >= 11 is 12.3. The van der Waals surface area contributed by atoms with E-state index in [0.717, 1.165) is 38.2 Å². The highest BCUT2D eigenvalue weighted by Crippen LogP contribution is 2.58. The number of halogens is 4. The Bertz CT molecular complexity index is 1450. The number of carbonyl (C=O) groups excluding carboxylic acids is 1. The van der Waals surface area contributed by atoms with Gasteiger partial charge in [0.25, 0.3) is 0 Å². The zero-order chi connectivity index (χ0) is 32.6. The van der Waals surface area contributed by atoms with Crippen LogP contribution in [0.3, 0.4) is 0 Å². The van der Waals surface area contributed by atoms with Gasteiger partial charge in [-0.2, -0.15) is 5.26 Å². The minimum Gasteiger partial charge on any atom is -0.480 e. The Labute approximate surface area is 265 Å². The Hall–Kier alpha value is -2.81. The van der Waals surface area contributed by atoms with Gasteiger partial charge in [-0.15, -0.1) is 0 Å². The summed E-state index contributed by atoms with van der Waals surface area (Å²) in [4.78, 5) is 26.3. The molecule has 0 spiro atoms. The number of hydrogen-bond acceptors (Lipinski definition) is 6. The number of aliphatic hydroxyl groups excluding tert-OH is 1. The third-order valence-corrected chi connectivity index (χ3v) is 10.2. The van der Waals surface area contributed by atoms with Crippen LogP contribution in [-0.4, -0.2) is 62.4 Å². The number of aliphatic hydroxyl groups is 2. The highest BCUT2D eigenvalue weighted by molar-refractivity contribution is 6.31. The van der Waals surface area contributed by atoms with E-state index in [2.05, 4.69) is 6.07 Å². The quantitative estimate of drug-likeness (QED) is 0.277. The average molecular weight is 653 g/mol. The molecular weight excluding hydrogens is 615 g/mol. The molecule has 5 N–H and O–H groups in total. The van der Waals surface area contributed by atoms with Crippen molar-refractivity contribution in [1.29, 1.82) is 5.26 Å². The molecule has 0 radical (unpaired) electrons. The normalized spacial score (nSPS) is 27.3. The minimum absolute atomic E-state index is 0.0165. The van der Waals surface area contributed by atoms with Crippen LogP contribution >= 0.6 is 23.2 Å². The number of aliphatic carboxylic acids is 1. The van der Waals surface area contributed by atoms with Crippen molar-refractivity contribution in [2.75, 3.05) is 6.54 Å². The lowest BCUT2D eigenvalue weighted by Crippen LogP contribution is -2.58. The molecular formula is C32H37Cl2F2N3O5. The summed E-state index contributed by atoms with van der Waals surface area (Å²) < 4.78 is 32.0. The number of carboxylic acids is 1. The fourth-order valence-corrected chi connectivity index (χ4v) is 7.92. The third-order valence-electron chi connectivity index (χ3n) is 9.63. The van der Waals surface area contributed by atoms with Crippen molar-refractivity contribution < 1.29 is 33.7 Å². The number of rotatable bonds is 10. The molecule has 0 aromatic heterocycles. The molecule has 1 saturated heterocycles. The predicted molar refractivity (Wildman–Crippen MR) is 161 cm³/mol. The molecule has 1 aliphatic heterocycles. The summed E-state index contributed by atoms with van der Waals surface area (Å²) in [5, 5.41) is 44.1. The topological polar surface area (TPSA) is 148 Å². The Morgan fingerprint density at radius 3 is 2.43 bits per heavy atom. The molecule has 1 saturated carbocycles. The lowest BCUT2D eigenvalue weighted by atomic mass is 9.60. The maximum Gasteiger partial charge on any atom is 0.321 e. The van der Waals surface area contributed by atoms with Gasteiger partial charge >= 0.3 is 5.97 Å². The first-order valence-electron chi connectivity index (χ1n) is 14.6. The SMILES string of the molecule is CC(C1CCCCC1)[C@H]1N(CC(C)(O)C(O)CC(N)=O)[C@H](C(=O)O)[C@@H](c2cccc(Cl)c2F)[C@]1(C#N)c1ccc(Cl)cc1F. The molecule has 12 heteroatoms. The first-order chi connectivity index (χ1) is 20.7. The molecule has 7 atom stereocenters. The number of hydrogen-bond donors (Lipinski definition) is 4. The number of benzene rings is 2. The predicted octanol–water partition coefficient (Wildman–Crippen LogP) is 5.16. The van der Waals surface area contributed by atoms with Crippen LogP contribution in [0.2, 0.25) is 10.0 Å². The molecule has 0 bridgehead atoms. The minimum atomic E-state index is -2.12. The fourth-order valence-electron chi connectivity index (χ4n) is 7.58. The van der Waals surface area contributed by atoms with Gasteiger partial charge in [0.1, 0.15) is 28.7 Å². The van der Waals surface area contributed by atoms with Gasteiger partial charge in [-0.1, -0.05) is 80.4 Å². The molecule has 1 heterocycles. The number of carbonyl (C=O) groups is 2. The smallest absolute Gasteiger partial charge is 0.321 e. The van der Waals surface area contributed by atoms with E-state index >= 15 is 8.78 Å². The summed E-state index contributed by atoms with van der Waals surface area (Å²) in [5.74, 6) is -6.19. The average Bonchev–Trinajstić information content (AvgIpc) is 3.24. The van der Waals surface area contributed by atoms with Crippen LogP contribution in [0.15, 0.2) is 36.4 Å². The molecule has 3 unspecified atom stereocenters. The second-order valence-corrected chi connectivity index (χ2v) is 13.3. The molecule has 4 rings (SSSR count). The van der Waals surface area contributed by atoms with Crippen molar-refractivity contribution in [3.8, 4) is 6.07 Å². The third kappa shape index (κ3) is 6.18. The second-order valence-electron chi connectivity index (χ2n) is 12.4. The van der Waals surface area contributed by atoms with Gasteiger partial charge in [0.05, 0.1) is 23.6 Å². The van der Waals surface area contributed by atoms with Crippen molar-refractivity contribution >= 4 is 35.1 Å². The lowest BCUT2D eigenvalue weighted by molar-refractivity contribution is -0.148. The molecule has 2 aromatic carbocycles. The Balaban J connectivity index is 2.08. The largest absolute Gasteiger partial charge is 0.480 e. The highest BCUT2D eigenvalue weighted by Gasteiger charge is 2.67. The van der Waals surface area contributed by atoms with E-state index in [9.17, 15) is 30.2 Å². The summed E-state index contributed by atoms with van der Waals surface area (Å²) in [6, 6.07) is 7.23.